The standard InChI is InChI=1S/C24H27N5O2/c1-30-20-13-18(5-11-26-20)17-4-10-25-19(12-17)27-15-23-6-8-24(14-23,9-7-23)22-28-21(29-31-22)16-2-3-16/h4-5,10-13,16H,2-3,6-9,14-15H2,1H3,(H,25,27). The average molecular weight is 418 g/mol. The molecule has 0 radical (unpaired) electrons. The average Bonchev–Trinajstić information content (AvgIpc) is 3.27. The van der Waals surface area contributed by atoms with Crippen LogP contribution in [0.25, 0.3) is 11.1 Å². The number of hydrogen-bond donors (Lipinski definition) is 1. The number of aromatic nitrogens is 4. The van der Waals surface area contributed by atoms with Crippen LogP contribution in [0.15, 0.2) is 41.2 Å². The number of fused-ring (bicyclic) bond motifs is 2. The van der Waals surface area contributed by atoms with Gasteiger partial charge < -0.3 is 14.6 Å². The van der Waals surface area contributed by atoms with E-state index in [9.17, 15) is 0 Å². The molecule has 31 heavy (non-hydrogen) atoms. The lowest BCUT2D eigenvalue weighted by atomic mass is 9.82. The van der Waals surface area contributed by atoms with Gasteiger partial charge in [0, 0.05) is 30.9 Å². The second-order valence-electron chi connectivity index (χ2n) is 9.56. The van der Waals surface area contributed by atoms with E-state index < -0.39 is 0 Å². The Morgan fingerprint density at radius 3 is 2.61 bits per heavy atom. The van der Waals surface area contributed by atoms with Gasteiger partial charge in [-0.15, -0.1) is 0 Å². The molecule has 3 aliphatic rings. The Hall–Kier alpha value is -2.96. The largest absolute Gasteiger partial charge is 0.481 e. The van der Waals surface area contributed by atoms with Crippen LogP contribution in [-0.4, -0.2) is 33.8 Å². The van der Waals surface area contributed by atoms with Crippen molar-refractivity contribution in [3.8, 4) is 17.0 Å². The van der Waals surface area contributed by atoms with Gasteiger partial charge in [0.05, 0.1) is 12.5 Å². The summed E-state index contributed by atoms with van der Waals surface area (Å²) in [5.74, 6) is 3.88. The van der Waals surface area contributed by atoms with Crippen molar-refractivity contribution in [3.05, 3.63) is 48.4 Å². The minimum Gasteiger partial charge on any atom is -0.481 e. The SMILES string of the molecule is COc1cc(-c2ccnc(NCC34CCC(c5nc(C6CC6)no5)(CC3)C4)c2)ccn1. The smallest absolute Gasteiger partial charge is 0.232 e. The van der Waals surface area contributed by atoms with Crippen molar-refractivity contribution in [2.45, 2.75) is 56.3 Å². The molecule has 0 unspecified atom stereocenters. The topological polar surface area (TPSA) is 86.0 Å². The minimum absolute atomic E-state index is 0.0880. The highest BCUT2D eigenvalue weighted by atomic mass is 16.5. The number of ether oxygens (including phenoxy) is 1. The maximum atomic E-state index is 5.75. The highest BCUT2D eigenvalue weighted by Gasteiger charge is 2.57. The second-order valence-corrected chi connectivity index (χ2v) is 9.56. The predicted molar refractivity (Wildman–Crippen MR) is 116 cm³/mol. The highest BCUT2D eigenvalue weighted by Crippen LogP contribution is 2.62. The van der Waals surface area contributed by atoms with E-state index in [-0.39, 0.29) is 10.8 Å². The first kappa shape index (κ1) is 18.8. The molecule has 3 saturated carbocycles. The zero-order chi connectivity index (χ0) is 20.9. The van der Waals surface area contributed by atoms with E-state index in [1.54, 1.807) is 13.3 Å². The Morgan fingerprint density at radius 2 is 1.84 bits per heavy atom. The normalized spacial score (nSPS) is 26.9. The van der Waals surface area contributed by atoms with Crippen LogP contribution in [0, 0.1) is 5.41 Å². The first-order valence-corrected chi connectivity index (χ1v) is 11.2. The molecule has 3 heterocycles. The van der Waals surface area contributed by atoms with Crippen molar-refractivity contribution in [2.24, 2.45) is 5.41 Å². The van der Waals surface area contributed by atoms with Gasteiger partial charge in [0.25, 0.3) is 0 Å². The fourth-order valence-corrected chi connectivity index (χ4v) is 5.50. The Labute approximate surface area is 181 Å². The summed E-state index contributed by atoms with van der Waals surface area (Å²) < 4.78 is 11.0. The lowest BCUT2D eigenvalue weighted by molar-refractivity contribution is 0.272. The maximum Gasteiger partial charge on any atom is 0.232 e. The summed E-state index contributed by atoms with van der Waals surface area (Å²) in [6, 6.07) is 8.05. The zero-order valence-corrected chi connectivity index (χ0v) is 17.8. The molecule has 3 aromatic rings. The molecule has 0 saturated heterocycles. The third kappa shape index (κ3) is 3.36. The van der Waals surface area contributed by atoms with Crippen LogP contribution < -0.4 is 10.1 Å². The van der Waals surface area contributed by atoms with Gasteiger partial charge in [-0.05, 0) is 79.7 Å². The fourth-order valence-electron chi connectivity index (χ4n) is 5.50. The quantitative estimate of drug-likeness (QED) is 0.595. The molecular formula is C24H27N5O2. The molecule has 160 valence electrons. The molecule has 7 nitrogen and oxygen atoms in total. The number of nitrogens with zero attached hydrogens (tertiary/aromatic N) is 4. The van der Waals surface area contributed by atoms with Crippen molar-refractivity contribution in [3.63, 3.8) is 0 Å². The van der Waals surface area contributed by atoms with Crippen molar-refractivity contribution in [1.82, 2.24) is 20.1 Å². The van der Waals surface area contributed by atoms with Gasteiger partial charge in [0.1, 0.15) is 5.82 Å². The molecule has 1 N–H and O–H groups in total. The van der Waals surface area contributed by atoms with Crippen molar-refractivity contribution in [1.29, 1.82) is 0 Å². The number of pyridine rings is 2. The van der Waals surface area contributed by atoms with Crippen LogP contribution in [0.4, 0.5) is 5.82 Å². The summed E-state index contributed by atoms with van der Waals surface area (Å²) in [7, 11) is 1.63. The van der Waals surface area contributed by atoms with E-state index in [0.717, 1.165) is 54.5 Å². The van der Waals surface area contributed by atoms with E-state index in [1.807, 2.05) is 24.4 Å². The second kappa shape index (κ2) is 7.04. The Balaban J connectivity index is 1.16. The van der Waals surface area contributed by atoms with Gasteiger partial charge in [-0.25, -0.2) is 9.97 Å². The van der Waals surface area contributed by atoms with Crippen LogP contribution >= 0.6 is 0 Å². The molecule has 3 fully saturated rings. The van der Waals surface area contributed by atoms with E-state index in [1.165, 1.54) is 25.7 Å². The van der Waals surface area contributed by atoms with Gasteiger partial charge in [-0.1, -0.05) is 5.16 Å². The maximum absolute atomic E-state index is 5.75. The van der Waals surface area contributed by atoms with Gasteiger partial charge >= 0.3 is 0 Å². The van der Waals surface area contributed by atoms with E-state index in [4.69, 9.17) is 14.2 Å². The molecular weight excluding hydrogens is 390 g/mol. The van der Waals surface area contributed by atoms with E-state index in [2.05, 4.69) is 26.5 Å². The number of nitrogens with one attached hydrogen (secondary N) is 1. The molecule has 3 aliphatic carbocycles. The first-order chi connectivity index (χ1) is 15.2. The minimum atomic E-state index is 0.0880. The molecule has 3 aromatic heterocycles. The number of anilines is 1. The molecule has 6 rings (SSSR count). The van der Waals surface area contributed by atoms with Crippen molar-refractivity contribution < 1.29 is 9.26 Å². The predicted octanol–water partition coefficient (Wildman–Crippen LogP) is 4.73. The first-order valence-electron chi connectivity index (χ1n) is 11.2. The fraction of sp³-hybridized carbons (Fsp3) is 0.500. The Kier molecular flexibility index (Phi) is 4.26. The van der Waals surface area contributed by atoms with Crippen molar-refractivity contribution in [2.75, 3.05) is 19.0 Å². The summed E-state index contributed by atoms with van der Waals surface area (Å²) in [6.07, 6.45) is 11.8. The van der Waals surface area contributed by atoms with Crippen LogP contribution in [0.1, 0.15) is 62.6 Å². The van der Waals surface area contributed by atoms with Gasteiger partial charge in [0.15, 0.2) is 5.82 Å². The number of methoxy groups -OCH3 is 1. The zero-order valence-electron chi connectivity index (χ0n) is 17.8. The molecule has 7 heteroatoms. The summed E-state index contributed by atoms with van der Waals surface area (Å²) in [6.45, 7) is 0.925. The van der Waals surface area contributed by atoms with Crippen molar-refractivity contribution >= 4 is 5.82 Å². The molecule has 0 spiro atoms. The summed E-state index contributed by atoms with van der Waals surface area (Å²) >= 11 is 0. The lowest BCUT2D eigenvalue weighted by Crippen LogP contribution is -2.25. The van der Waals surface area contributed by atoms with Gasteiger partial charge in [-0.2, -0.15) is 4.98 Å². The molecule has 0 aliphatic heterocycles. The molecule has 0 atom stereocenters. The third-order valence-corrected chi connectivity index (χ3v) is 7.50. The lowest BCUT2D eigenvalue weighted by Gasteiger charge is -2.27. The Bertz CT molecular complexity index is 1100. The molecule has 0 amide bonds. The van der Waals surface area contributed by atoms with Crippen LogP contribution in [0.3, 0.4) is 0 Å². The monoisotopic (exact) mass is 417 g/mol. The summed E-state index contributed by atoms with van der Waals surface area (Å²) in [5.41, 5.74) is 2.54. The third-order valence-electron chi connectivity index (χ3n) is 7.50. The highest BCUT2D eigenvalue weighted by molar-refractivity contribution is 5.66. The van der Waals surface area contributed by atoms with Gasteiger partial charge in [-0.3, -0.25) is 0 Å². The van der Waals surface area contributed by atoms with Crippen LogP contribution in [0.5, 0.6) is 5.88 Å². The van der Waals surface area contributed by atoms with E-state index >= 15 is 0 Å². The summed E-state index contributed by atoms with van der Waals surface area (Å²) in [4.78, 5) is 13.6. The van der Waals surface area contributed by atoms with Gasteiger partial charge in [0.2, 0.25) is 11.8 Å². The van der Waals surface area contributed by atoms with Crippen LogP contribution in [-0.2, 0) is 5.41 Å². The summed E-state index contributed by atoms with van der Waals surface area (Å²) in [5, 5.41) is 7.90. The number of rotatable bonds is 7. The van der Waals surface area contributed by atoms with Crippen LogP contribution in [0.2, 0.25) is 0 Å². The molecule has 2 bridgehead atoms. The Morgan fingerprint density at radius 1 is 1.06 bits per heavy atom. The van der Waals surface area contributed by atoms with E-state index in [0.29, 0.717) is 11.8 Å². The number of hydrogen-bond acceptors (Lipinski definition) is 7. The molecule has 0 aromatic carbocycles.